The van der Waals surface area contributed by atoms with Crippen molar-refractivity contribution in [1.82, 2.24) is 20.1 Å². The Morgan fingerprint density at radius 3 is 2.68 bits per heavy atom. The zero-order valence-electron chi connectivity index (χ0n) is 21.9. The van der Waals surface area contributed by atoms with Crippen LogP contribution in [0, 0.1) is 17.8 Å². The minimum atomic E-state index is -0.689. The van der Waals surface area contributed by atoms with Crippen LogP contribution in [0.5, 0.6) is 0 Å². The van der Waals surface area contributed by atoms with Crippen molar-refractivity contribution in [2.24, 2.45) is 17.8 Å². The number of hydrogen-bond donors (Lipinski definition) is 3. The molecule has 38 heavy (non-hydrogen) atoms. The third-order valence-electron chi connectivity index (χ3n) is 8.88. The van der Waals surface area contributed by atoms with E-state index in [4.69, 9.17) is 4.74 Å². The predicted molar refractivity (Wildman–Crippen MR) is 141 cm³/mol. The Balaban J connectivity index is 1.20. The highest BCUT2D eigenvalue weighted by Gasteiger charge is 2.48. The van der Waals surface area contributed by atoms with Crippen molar-refractivity contribution in [1.29, 1.82) is 0 Å². The zero-order valence-corrected chi connectivity index (χ0v) is 21.9. The smallest absolute Gasteiger partial charge is 0.270 e. The van der Waals surface area contributed by atoms with Crippen molar-refractivity contribution in [2.45, 2.75) is 76.3 Å². The molecule has 0 aromatic carbocycles. The number of carbonyl (C=O) groups is 3. The lowest BCUT2D eigenvalue weighted by Crippen LogP contribution is -2.49. The van der Waals surface area contributed by atoms with Gasteiger partial charge in [-0.15, -0.1) is 0 Å². The second-order valence-electron chi connectivity index (χ2n) is 11.6. The van der Waals surface area contributed by atoms with E-state index in [1.54, 1.807) is 29.2 Å². The molecule has 2 aromatic rings. The maximum absolute atomic E-state index is 13.6. The fraction of sp³-hybridized carbons (Fsp3) is 0.607. The normalized spacial score (nSPS) is 24.9. The number of nitrogens with one attached hydrogen (secondary N) is 3. The average Bonchev–Trinajstić information content (AvgIpc) is 3.55. The molecule has 2 aliphatic carbocycles. The third kappa shape index (κ3) is 4.81. The van der Waals surface area contributed by atoms with Gasteiger partial charge in [-0.05, 0) is 62.3 Å². The van der Waals surface area contributed by atoms with Crippen LogP contribution in [-0.2, 0) is 26.3 Å². The summed E-state index contributed by atoms with van der Waals surface area (Å²) in [7, 11) is 0. The monoisotopic (exact) mass is 520 g/mol. The lowest BCUT2D eigenvalue weighted by Gasteiger charge is -2.32. The van der Waals surface area contributed by atoms with E-state index in [2.05, 4.69) is 33.0 Å². The average molecular weight is 521 g/mol. The standard InChI is InChI=1S/C28H36N6O4/c1-17-2-6-19(7-3-17)24(33-25(35)22-8-11-30-34(22)16-18-4-5-18)26(36)32-23-14-21-20(15-29-23)28(27(37)31-21)9-12-38-13-10-28/h8,11,14-15,17-19,24H,2-7,9-10,12-13,16H2,1H3,(H,31,37)(H,33,35)(H,29,32,36). The van der Waals surface area contributed by atoms with E-state index in [0.29, 0.717) is 55.1 Å². The summed E-state index contributed by atoms with van der Waals surface area (Å²) in [6.07, 6.45) is 10.7. The molecule has 4 aliphatic rings. The maximum atomic E-state index is 13.6. The maximum Gasteiger partial charge on any atom is 0.270 e. The minimum Gasteiger partial charge on any atom is -0.381 e. The highest BCUT2D eigenvalue weighted by atomic mass is 16.5. The molecule has 4 heterocycles. The Labute approximate surface area is 222 Å². The van der Waals surface area contributed by atoms with E-state index in [9.17, 15) is 14.4 Å². The van der Waals surface area contributed by atoms with Gasteiger partial charge in [-0.1, -0.05) is 19.8 Å². The first-order valence-electron chi connectivity index (χ1n) is 14.0. The number of anilines is 2. The van der Waals surface area contributed by atoms with Crippen molar-refractivity contribution in [3.05, 3.63) is 35.8 Å². The summed E-state index contributed by atoms with van der Waals surface area (Å²) in [6, 6.07) is 2.75. The van der Waals surface area contributed by atoms with Gasteiger partial charge in [-0.2, -0.15) is 5.10 Å². The summed E-state index contributed by atoms with van der Waals surface area (Å²) < 4.78 is 7.23. The molecule has 1 spiro atoms. The first-order chi connectivity index (χ1) is 18.4. The van der Waals surface area contributed by atoms with E-state index in [0.717, 1.165) is 50.6 Å². The Kier molecular flexibility index (Phi) is 6.67. The molecule has 10 nitrogen and oxygen atoms in total. The fourth-order valence-corrected chi connectivity index (χ4v) is 6.24. The summed E-state index contributed by atoms with van der Waals surface area (Å²) >= 11 is 0. The molecular weight excluding hydrogens is 484 g/mol. The van der Waals surface area contributed by atoms with Gasteiger partial charge >= 0.3 is 0 Å². The van der Waals surface area contributed by atoms with Gasteiger partial charge in [0.25, 0.3) is 5.91 Å². The number of aromatic nitrogens is 3. The number of rotatable bonds is 7. The number of nitrogens with zero attached hydrogens (tertiary/aromatic N) is 3. The molecular formula is C28H36N6O4. The largest absolute Gasteiger partial charge is 0.381 e. The molecule has 3 fully saturated rings. The quantitative estimate of drug-likeness (QED) is 0.514. The van der Waals surface area contributed by atoms with Crippen molar-refractivity contribution < 1.29 is 19.1 Å². The number of carbonyl (C=O) groups excluding carboxylic acids is 3. The zero-order chi connectivity index (χ0) is 26.3. The molecule has 2 saturated carbocycles. The van der Waals surface area contributed by atoms with Crippen molar-refractivity contribution >= 4 is 29.2 Å². The van der Waals surface area contributed by atoms with Crippen LogP contribution in [-0.4, -0.2) is 51.7 Å². The molecule has 3 amide bonds. The van der Waals surface area contributed by atoms with E-state index < -0.39 is 11.5 Å². The van der Waals surface area contributed by atoms with Crippen molar-refractivity contribution in [3.8, 4) is 0 Å². The molecule has 6 rings (SSSR count). The molecule has 1 unspecified atom stereocenters. The highest BCUT2D eigenvalue weighted by molar-refractivity contribution is 6.07. The van der Waals surface area contributed by atoms with Crippen molar-refractivity contribution in [2.75, 3.05) is 23.8 Å². The minimum absolute atomic E-state index is 0.0367. The highest BCUT2D eigenvalue weighted by Crippen LogP contribution is 2.44. The van der Waals surface area contributed by atoms with Gasteiger partial charge in [0, 0.05) is 43.8 Å². The Bertz CT molecular complexity index is 1220. The van der Waals surface area contributed by atoms with Crippen LogP contribution in [0.3, 0.4) is 0 Å². The van der Waals surface area contributed by atoms with Crippen LogP contribution in [0.2, 0.25) is 0 Å². The summed E-state index contributed by atoms with van der Waals surface area (Å²) in [4.78, 5) is 44.4. The van der Waals surface area contributed by atoms with Gasteiger partial charge in [-0.3, -0.25) is 19.1 Å². The summed E-state index contributed by atoms with van der Waals surface area (Å²) in [5.74, 6) is 0.985. The number of fused-ring (bicyclic) bond motifs is 2. The van der Waals surface area contributed by atoms with Crippen molar-refractivity contribution in [3.63, 3.8) is 0 Å². The molecule has 202 valence electrons. The second kappa shape index (κ2) is 10.1. The van der Waals surface area contributed by atoms with Crippen LogP contribution >= 0.6 is 0 Å². The van der Waals surface area contributed by atoms with Gasteiger partial charge in [0.05, 0.1) is 11.1 Å². The third-order valence-corrected chi connectivity index (χ3v) is 8.88. The van der Waals surface area contributed by atoms with E-state index in [1.165, 1.54) is 0 Å². The summed E-state index contributed by atoms with van der Waals surface area (Å²) in [5.41, 5.74) is 1.41. The molecule has 2 aromatic heterocycles. The Morgan fingerprint density at radius 1 is 1.18 bits per heavy atom. The van der Waals surface area contributed by atoms with Gasteiger partial charge < -0.3 is 20.7 Å². The molecule has 0 bridgehead atoms. The molecule has 1 saturated heterocycles. The lowest BCUT2D eigenvalue weighted by molar-refractivity contribution is -0.124. The van der Waals surface area contributed by atoms with Gasteiger partial charge in [-0.25, -0.2) is 4.98 Å². The van der Waals surface area contributed by atoms with E-state index in [-0.39, 0.29) is 23.6 Å². The molecule has 1 atom stereocenters. The predicted octanol–water partition coefficient (Wildman–Crippen LogP) is 3.25. The fourth-order valence-electron chi connectivity index (χ4n) is 6.24. The number of hydrogen-bond acceptors (Lipinski definition) is 6. The van der Waals surface area contributed by atoms with Gasteiger partial charge in [0.2, 0.25) is 11.8 Å². The van der Waals surface area contributed by atoms with Crippen LogP contribution in [0.15, 0.2) is 24.5 Å². The van der Waals surface area contributed by atoms with Crippen LogP contribution < -0.4 is 16.0 Å². The molecule has 2 aliphatic heterocycles. The van der Waals surface area contributed by atoms with Crippen LogP contribution in [0.4, 0.5) is 11.5 Å². The topological polar surface area (TPSA) is 127 Å². The molecule has 3 N–H and O–H groups in total. The molecule has 0 radical (unpaired) electrons. The van der Waals surface area contributed by atoms with E-state index >= 15 is 0 Å². The van der Waals surface area contributed by atoms with E-state index in [1.807, 2.05) is 0 Å². The van der Waals surface area contributed by atoms with Crippen LogP contribution in [0.1, 0.15) is 74.3 Å². The second-order valence-corrected chi connectivity index (χ2v) is 11.6. The Morgan fingerprint density at radius 2 is 1.95 bits per heavy atom. The summed E-state index contributed by atoms with van der Waals surface area (Å²) in [6.45, 7) is 4.03. The number of amides is 3. The van der Waals surface area contributed by atoms with Gasteiger partial charge in [0.1, 0.15) is 17.6 Å². The number of pyridine rings is 1. The first-order valence-corrected chi connectivity index (χ1v) is 14.0. The summed E-state index contributed by atoms with van der Waals surface area (Å²) in [5, 5.41) is 13.3. The van der Waals surface area contributed by atoms with Gasteiger partial charge in [0.15, 0.2) is 0 Å². The SMILES string of the molecule is CC1CCC(C(NC(=O)c2ccnn2CC2CC2)C(=O)Nc2cc3c(cn2)C2(CCOCC2)C(=O)N3)CC1. The van der Waals surface area contributed by atoms with Crippen LogP contribution in [0.25, 0.3) is 0 Å². The number of ether oxygens (including phenoxy) is 1. The Hall–Kier alpha value is -3.27. The lowest BCUT2D eigenvalue weighted by atomic mass is 9.76. The molecule has 10 heteroatoms. The first kappa shape index (κ1) is 25.0.